The van der Waals surface area contributed by atoms with Crippen molar-refractivity contribution >= 4 is 12.4 Å². The van der Waals surface area contributed by atoms with E-state index in [-0.39, 0.29) is 12.4 Å². The van der Waals surface area contributed by atoms with Crippen molar-refractivity contribution in [2.75, 3.05) is 6.54 Å². The van der Waals surface area contributed by atoms with E-state index in [4.69, 9.17) is 0 Å². The fraction of sp³-hybridized carbons (Fsp3) is 0.818. The molecular formula is C33H62ClN. The molecule has 0 radical (unpaired) electrons. The van der Waals surface area contributed by atoms with Gasteiger partial charge in [0, 0.05) is 6.04 Å². The van der Waals surface area contributed by atoms with Gasteiger partial charge in [-0.2, -0.15) is 0 Å². The molecule has 1 nitrogen and oxygen atoms in total. The normalized spacial score (nSPS) is 11.9. The smallest absolute Gasteiger partial charge is 0.0320 e. The maximum Gasteiger partial charge on any atom is 0.0320 e. The molecule has 0 spiro atoms. The van der Waals surface area contributed by atoms with Crippen molar-refractivity contribution in [2.45, 2.75) is 168 Å². The molecule has 0 aliphatic rings. The van der Waals surface area contributed by atoms with Gasteiger partial charge in [0.05, 0.1) is 0 Å². The summed E-state index contributed by atoms with van der Waals surface area (Å²) in [5, 5.41) is 3.90. The third kappa shape index (κ3) is 22.4. The summed E-state index contributed by atoms with van der Waals surface area (Å²) in [6, 6.07) is 11.7. The van der Waals surface area contributed by atoms with Crippen LogP contribution < -0.4 is 5.32 Å². The lowest BCUT2D eigenvalue weighted by molar-refractivity contribution is 0.452. The first kappa shape index (κ1) is 34.5. The van der Waals surface area contributed by atoms with Crippen molar-refractivity contribution in [3.05, 3.63) is 35.9 Å². The Kier molecular flexibility index (Phi) is 27.6. The lowest BCUT2D eigenvalue weighted by Crippen LogP contribution is -2.22. The van der Waals surface area contributed by atoms with E-state index in [1.807, 2.05) is 0 Å². The topological polar surface area (TPSA) is 12.0 Å². The molecule has 2 heteroatoms. The second kappa shape index (κ2) is 28.0. The molecule has 0 aromatic heterocycles. The third-order valence-electron chi connectivity index (χ3n) is 7.47. The van der Waals surface area contributed by atoms with Crippen molar-refractivity contribution in [1.29, 1.82) is 0 Å². The molecule has 0 fully saturated rings. The van der Waals surface area contributed by atoms with Gasteiger partial charge in [-0.1, -0.05) is 179 Å². The number of rotatable bonds is 26. The van der Waals surface area contributed by atoms with Crippen LogP contribution in [0.2, 0.25) is 0 Å². The second-order valence-electron chi connectivity index (χ2n) is 10.8. The number of hydrogen-bond donors (Lipinski definition) is 1. The van der Waals surface area contributed by atoms with Crippen LogP contribution in [0.3, 0.4) is 0 Å². The fourth-order valence-electron chi connectivity index (χ4n) is 5.15. The molecule has 1 atom stereocenters. The minimum Gasteiger partial charge on any atom is -0.310 e. The van der Waals surface area contributed by atoms with E-state index < -0.39 is 0 Å². The molecule has 1 aromatic rings. The SMILES string of the molecule is CCCCCCCCCCCCCCC(NCCCCCCCCCCCC)c1ccccc1.Cl. The standard InChI is InChI=1S/C33H61N.ClH/c1-3-5-7-9-11-13-15-16-17-19-21-26-30-33(32-28-24-23-25-29-32)34-31-27-22-20-18-14-12-10-8-6-4-2;/h23-25,28-29,33-34H,3-22,26-27,30-31H2,1-2H3;1H. The fourth-order valence-corrected chi connectivity index (χ4v) is 5.15. The predicted molar refractivity (Wildman–Crippen MR) is 162 cm³/mol. The average Bonchev–Trinajstić information content (AvgIpc) is 2.87. The lowest BCUT2D eigenvalue weighted by Gasteiger charge is -2.19. The zero-order valence-corrected chi connectivity index (χ0v) is 24.7. The summed E-state index contributed by atoms with van der Waals surface area (Å²) in [7, 11) is 0. The summed E-state index contributed by atoms with van der Waals surface area (Å²) >= 11 is 0. The van der Waals surface area contributed by atoms with Gasteiger partial charge in [-0.05, 0) is 24.9 Å². The zero-order valence-electron chi connectivity index (χ0n) is 23.8. The number of halogens is 1. The molecule has 1 rings (SSSR count). The highest BCUT2D eigenvalue weighted by Crippen LogP contribution is 2.21. The summed E-state index contributed by atoms with van der Waals surface area (Å²) in [5.74, 6) is 0. The highest BCUT2D eigenvalue weighted by molar-refractivity contribution is 5.85. The van der Waals surface area contributed by atoms with Gasteiger partial charge in [-0.3, -0.25) is 0 Å². The molecule has 1 unspecified atom stereocenters. The molecule has 0 saturated carbocycles. The summed E-state index contributed by atoms with van der Waals surface area (Å²) < 4.78 is 0. The first-order valence-electron chi connectivity index (χ1n) is 15.7. The van der Waals surface area contributed by atoms with Crippen LogP contribution in [0.1, 0.15) is 173 Å². The Morgan fingerprint density at radius 3 is 1.29 bits per heavy atom. The maximum absolute atomic E-state index is 3.90. The Labute approximate surface area is 227 Å². The highest BCUT2D eigenvalue weighted by Gasteiger charge is 2.10. The largest absolute Gasteiger partial charge is 0.310 e. The van der Waals surface area contributed by atoms with Gasteiger partial charge >= 0.3 is 0 Å². The number of nitrogens with one attached hydrogen (secondary N) is 1. The molecule has 1 N–H and O–H groups in total. The van der Waals surface area contributed by atoms with Crippen molar-refractivity contribution in [1.82, 2.24) is 5.32 Å². The lowest BCUT2D eigenvalue weighted by atomic mass is 9.99. The average molecular weight is 508 g/mol. The van der Waals surface area contributed by atoms with Gasteiger partial charge in [0.2, 0.25) is 0 Å². The van der Waals surface area contributed by atoms with E-state index in [1.165, 1.54) is 160 Å². The van der Waals surface area contributed by atoms with Crippen LogP contribution in [0, 0.1) is 0 Å². The van der Waals surface area contributed by atoms with Crippen LogP contribution in [-0.4, -0.2) is 6.54 Å². The molecule has 0 aliphatic heterocycles. The van der Waals surface area contributed by atoms with E-state index in [1.54, 1.807) is 0 Å². The summed E-state index contributed by atoms with van der Waals surface area (Å²) in [6.07, 6.45) is 32.6. The minimum absolute atomic E-state index is 0. The third-order valence-corrected chi connectivity index (χ3v) is 7.47. The predicted octanol–water partition coefficient (Wildman–Crippen LogP) is 11.8. The van der Waals surface area contributed by atoms with Crippen LogP contribution >= 0.6 is 12.4 Å². The molecule has 0 bridgehead atoms. The van der Waals surface area contributed by atoms with Crippen molar-refractivity contribution in [2.24, 2.45) is 0 Å². The van der Waals surface area contributed by atoms with Crippen LogP contribution in [0.15, 0.2) is 30.3 Å². The zero-order chi connectivity index (χ0) is 24.4. The molecular weight excluding hydrogens is 446 g/mol. The summed E-state index contributed by atoms with van der Waals surface area (Å²) in [4.78, 5) is 0. The molecule has 1 aromatic carbocycles. The van der Waals surface area contributed by atoms with E-state index in [0.29, 0.717) is 6.04 Å². The van der Waals surface area contributed by atoms with Crippen molar-refractivity contribution in [3.8, 4) is 0 Å². The molecule has 0 heterocycles. The number of benzene rings is 1. The second-order valence-corrected chi connectivity index (χ2v) is 10.8. The van der Waals surface area contributed by atoms with Crippen molar-refractivity contribution in [3.63, 3.8) is 0 Å². The van der Waals surface area contributed by atoms with Crippen LogP contribution in [0.4, 0.5) is 0 Å². The van der Waals surface area contributed by atoms with Gasteiger partial charge in [0.25, 0.3) is 0 Å². The van der Waals surface area contributed by atoms with E-state index in [9.17, 15) is 0 Å². The highest BCUT2D eigenvalue weighted by atomic mass is 35.5. The van der Waals surface area contributed by atoms with Gasteiger partial charge in [0.1, 0.15) is 0 Å². The van der Waals surface area contributed by atoms with Gasteiger partial charge in [-0.25, -0.2) is 0 Å². The molecule has 35 heavy (non-hydrogen) atoms. The first-order valence-corrected chi connectivity index (χ1v) is 15.7. The minimum atomic E-state index is 0. The Hall–Kier alpha value is -0.530. The summed E-state index contributed by atoms with van der Waals surface area (Å²) in [5.41, 5.74) is 1.48. The monoisotopic (exact) mass is 507 g/mol. The molecule has 206 valence electrons. The van der Waals surface area contributed by atoms with Gasteiger partial charge in [-0.15, -0.1) is 12.4 Å². The Bertz CT molecular complexity index is 503. The summed E-state index contributed by atoms with van der Waals surface area (Å²) in [6.45, 7) is 5.78. The molecule has 0 saturated heterocycles. The van der Waals surface area contributed by atoms with Crippen LogP contribution in [-0.2, 0) is 0 Å². The molecule has 0 aliphatic carbocycles. The van der Waals surface area contributed by atoms with Gasteiger partial charge < -0.3 is 5.32 Å². The molecule has 0 amide bonds. The van der Waals surface area contributed by atoms with E-state index in [0.717, 1.165) is 0 Å². The van der Waals surface area contributed by atoms with Gasteiger partial charge in [0.15, 0.2) is 0 Å². The number of unbranched alkanes of at least 4 members (excludes halogenated alkanes) is 20. The van der Waals surface area contributed by atoms with E-state index >= 15 is 0 Å². The Morgan fingerprint density at radius 2 is 0.857 bits per heavy atom. The quantitative estimate of drug-likeness (QED) is 0.123. The van der Waals surface area contributed by atoms with Crippen LogP contribution in [0.25, 0.3) is 0 Å². The Balaban J connectivity index is 0.0000116. The van der Waals surface area contributed by atoms with Crippen molar-refractivity contribution < 1.29 is 0 Å². The maximum atomic E-state index is 3.90. The number of hydrogen-bond acceptors (Lipinski definition) is 1. The van der Waals surface area contributed by atoms with Crippen LogP contribution in [0.5, 0.6) is 0 Å². The van der Waals surface area contributed by atoms with E-state index in [2.05, 4.69) is 49.5 Å². The Morgan fingerprint density at radius 1 is 0.486 bits per heavy atom. The first-order chi connectivity index (χ1) is 16.9.